The van der Waals surface area contributed by atoms with Crippen molar-refractivity contribution < 1.29 is 14.1 Å². The number of carbonyl (C=O) groups is 1. The molecule has 0 fully saturated rings. The fourth-order valence-electron chi connectivity index (χ4n) is 2.97. The van der Waals surface area contributed by atoms with Crippen LogP contribution in [0.25, 0.3) is 0 Å². The molecule has 0 saturated heterocycles. The van der Waals surface area contributed by atoms with Crippen LogP contribution in [0, 0.1) is 27.7 Å². The summed E-state index contributed by atoms with van der Waals surface area (Å²) in [6.45, 7) is 8.49. The number of hydrogen-bond donors (Lipinski definition) is 0. The Labute approximate surface area is 164 Å². The van der Waals surface area contributed by atoms with E-state index in [1.807, 2.05) is 46.0 Å². The minimum absolute atomic E-state index is 0.209. The second-order valence-corrected chi connectivity index (χ2v) is 7.09. The lowest BCUT2D eigenvalue weighted by atomic mass is 10.1. The molecule has 28 heavy (non-hydrogen) atoms. The van der Waals surface area contributed by atoms with Gasteiger partial charge in [-0.3, -0.25) is 9.48 Å². The van der Waals surface area contributed by atoms with Crippen molar-refractivity contribution in [2.75, 3.05) is 7.05 Å². The molecule has 0 bridgehead atoms. The molecular formula is C21H26N4O3. The zero-order valence-electron chi connectivity index (χ0n) is 17.2. The molecule has 3 rings (SSSR count). The second kappa shape index (κ2) is 7.88. The lowest BCUT2D eigenvalue weighted by Gasteiger charge is -2.16. The van der Waals surface area contributed by atoms with Gasteiger partial charge in [-0.05, 0) is 44.9 Å². The van der Waals surface area contributed by atoms with Gasteiger partial charge in [0.25, 0.3) is 5.91 Å². The van der Waals surface area contributed by atoms with Gasteiger partial charge in [-0.25, -0.2) is 0 Å². The van der Waals surface area contributed by atoms with Crippen molar-refractivity contribution in [2.45, 2.75) is 40.8 Å². The van der Waals surface area contributed by atoms with E-state index >= 15 is 0 Å². The Morgan fingerprint density at radius 1 is 1.25 bits per heavy atom. The Morgan fingerprint density at radius 3 is 2.68 bits per heavy atom. The molecular weight excluding hydrogens is 356 g/mol. The highest BCUT2D eigenvalue weighted by Gasteiger charge is 2.24. The maximum Gasteiger partial charge on any atom is 0.276 e. The largest absolute Gasteiger partial charge is 0.488 e. The van der Waals surface area contributed by atoms with E-state index in [1.165, 1.54) is 0 Å². The molecule has 2 heterocycles. The first-order valence-corrected chi connectivity index (χ1v) is 9.16. The Hall–Kier alpha value is -3.09. The highest BCUT2D eigenvalue weighted by Crippen LogP contribution is 2.24. The van der Waals surface area contributed by atoms with Crippen molar-refractivity contribution in [1.29, 1.82) is 0 Å². The molecule has 7 heteroatoms. The number of hydrogen-bond acceptors (Lipinski definition) is 5. The second-order valence-electron chi connectivity index (χ2n) is 7.09. The van der Waals surface area contributed by atoms with Gasteiger partial charge >= 0.3 is 0 Å². The number of aromatic nitrogens is 3. The van der Waals surface area contributed by atoms with Crippen molar-refractivity contribution in [3.8, 4) is 5.75 Å². The zero-order chi connectivity index (χ0) is 20.4. The molecule has 0 aliphatic carbocycles. The van der Waals surface area contributed by atoms with Crippen LogP contribution in [0.5, 0.6) is 5.75 Å². The maximum atomic E-state index is 13.0. The Bertz CT molecular complexity index is 1000. The van der Waals surface area contributed by atoms with Gasteiger partial charge in [-0.2, -0.15) is 5.10 Å². The SMILES string of the molecule is Cc1cccc(OCc2c(C(=O)N(C)Cc3cnn(C)c3C)noc2C)c1C. The number of carbonyl (C=O) groups excluding carboxylic acids is 1. The minimum Gasteiger partial charge on any atom is -0.488 e. The van der Waals surface area contributed by atoms with Gasteiger partial charge < -0.3 is 14.2 Å². The molecule has 1 amide bonds. The van der Waals surface area contributed by atoms with E-state index in [0.29, 0.717) is 17.9 Å². The molecule has 2 aromatic heterocycles. The van der Waals surface area contributed by atoms with Crippen molar-refractivity contribution in [3.05, 3.63) is 63.8 Å². The summed E-state index contributed by atoms with van der Waals surface area (Å²) in [4.78, 5) is 14.6. The normalized spacial score (nSPS) is 10.9. The maximum absolute atomic E-state index is 13.0. The molecule has 0 N–H and O–H groups in total. The van der Waals surface area contributed by atoms with Gasteiger partial charge in [-0.1, -0.05) is 17.3 Å². The van der Waals surface area contributed by atoms with Gasteiger partial charge in [0, 0.05) is 31.9 Å². The molecule has 0 unspecified atom stereocenters. The number of benzene rings is 1. The Kier molecular flexibility index (Phi) is 5.53. The van der Waals surface area contributed by atoms with Crippen LogP contribution in [-0.4, -0.2) is 32.8 Å². The summed E-state index contributed by atoms with van der Waals surface area (Å²) in [5, 5.41) is 8.22. The highest BCUT2D eigenvalue weighted by molar-refractivity contribution is 5.93. The predicted octanol–water partition coefficient (Wildman–Crippen LogP) is 3.49. The van der Waals surface area contributed by atoms with E-state index in [0.717, 1.165) is 28.1 Å². The summed E-state index contributed by atoms with van der Waals surface area (Å²) in [5.74, 6) is 1.16. The quantitative estimate of drug-likeness (QED) is 0.652. The van der Waals surface area contributed by atoms with Gasteiger partial charge in [0.15, 0.2) is 5.69 Å². The average molecular weight is 382 g/mol. The minimum atomic E-state index is -0.209. The van der Waals surface area contributed by atoms with Crippen LogP contribution >= 0.6 is 0 Å². The highest BCUT2D eigenvalue weighted by atomic mass is 16.5. The molecule has 1 aromatic carbocycles. The van der Waals surface area contributed by atoms with Crippen LogP contribution < -0.4 is 4.74 Å². The number of aryl methyl sites for hydroxylation is 3. The first kappa shape index (κ1) is 19.7. The average Bonchev–Trinajstić information content (AvgIpc) is 3.19. The van der Waals surface area contributed by atoms with Crippen molar-refractivity contribution in [3.63, 3.8) is 0 Å². The summed E-state index contributed by atoms with van der Waals surface area (Å²) >= 11 is 0. The fourth-order valence-corrected chi connectivity index (χ4v) is 2.97. The monoisotopic (exact) mass is 382 g/mol. The molecule has 0 spiro atoms. The fraction of sp³-hybridized carbons (Fsp3) is 0.381. The summed E-state index contributed by atoms with van der Waals surface area (Å²) in [5.41, 5.74) is 5.20. The summed E-state index contributed by atoms with van der Waals surface area (Å²) < 4.78 is 13.1. The van der Waals surface area contributed by atoms with Crippen molar-refractivity contribution in [1.82, 2.24) is 19.8 Å². The molecule has 7 nitrogen and oxygen atoms in total. The van der Waals surface area contributed by atoms with Crippen LogP contribution in [0.15, 0.2) is 28.9 Å². The molecule has 0 radical (unpaired) electrons. The van der Waals surface area contributed by atoms with Crippen molar-refractivity contribution >= 4 is 5.91 Å². The van der Waals surface area contributed by atoms with Crippen LogP contribution in [0.4, 0.5) is 0 Å². The summed E-state index contributed by atoms with van der Waals surface area (Å²) in [6.07, 6.45) is 1.78. The Morgan fingerprint density at radius 2 is 2.00 bits per heavy atom. The number of nitrogens with zero attached hydrogens (tertiary/aromatic N) is 4. The van der Waals surface area contributed by atoms with Gasteiger partial charge in [-0.15, -0.1) is 0 Å². The van der Waals surface area contributed by atoms with E-state index < -0.39 is 0 Å². The van der Waals surface area contributed by atoms with Crippen LogP contribution in [0.1, 0.15) is 44.2 Å². The molecule has 0 aliphatic heterocycles. The number of ether oxygens (including phenoxy) is 1. The lowest BCUT2D eigenvalue weighted by Crippen LogP contribution is -2.27. The molecule has 148 valence electrons. The first-order chi connectivity index (χ1) is 13.3. The van der Waals surface area contributed by atoms with E-state index in [2.05, 4.69) is 10.3 Å². The van der Waals surface area contributed by atoms with Gasteiger partial charge in [0.05, 0.1) is 11.8 Å². The molecule has 0 aliphatic rings. The third-order valence-electron chi connectivity index (χ3n) is 5.21. The van der Waals surface area contributed by atoms with Crippen molar-refractivity contribution in [2.24, 2.45) is 7.05 Å². The zero-order valence-corrected chi connectivity index (χ0v) is 17.2. The molecule has 0 saturated carbocycles. The van der Waals surface area contributed by atoms with Gasteiger partial charge in [0.2, 0.25) is 0 Å². The van der Waals surface area contributed by atoms with Gasteiger partial charge in [0.1, 0.15) is 18.1 Å². The van der Waals surface area contributed by atoms with E-state index in [4.69, 9.17) is 9.26 Å². The van der Waals surface area contributed by atoms with E-state index in [-0.39, 0.29) is 18.2 Å². The molecule has 0 atom stereocenters. The number of amides is 1. The van der Waals surface area contributed by atoms with Crippen LogP contribution in [-0.2, 0) is 20.2 Å². The number of rotatable bonds is 6. The standard InChI is InChI=1S/C21H26N4O3/c1-13-8-7-9-19(14(13)2)27-12-18-16(4)28-23-20(18)21(26)24(5)11-17-10-22-25(6)15(17)3/h7-10H,11-12H2,1-6H3. The topological polar surface area (TPSA) is 73.4 Å². The lowest BCUT2D eigenvalue weighted by molar-refractivity contribution is 0.0772. The summed E-state index contributed by atoms with van der Waals surface area (Å²) in [6, 6.07) is 5.91. The smallest absolute Gasteiger partial charge is 0.276 e. The van der Waals surface area contributed by atoms with Crippen LogP contribution in [0.2, 0.25) is 0 Å². The Balaban J connectivity index is 1.76. The van der Waals surface area contributed by atoms with E-state index in [1.54, 1.807) is 29.7 Å². The summed E-state index contributed by atoms with van der Waals surface area (Å²) in [7, 11) is 3.62. The third-order valence-corrected chi connectivity index (χ3v) is 5.21. The predicted molar refractivity (Wildman–Crippen MR) is 105 cm³/mol. The first-order valence-electron chi connectivity index (χ1n) is 9.16. The molecule has 3 aromatic rings. The van der Waals surface area contributed by atoms with E-state index in [9.17, 15) is 4.79 Å². The van der Waals surface area contributed by atoms with Crippen LogP contribution in [0.3, 0.4) is 0 Å². The third kappa shape index (κ3) is 3.78.